The molecule has 178 valence electrons. The van der Waals surface area contributed by atoms with Crippen molar-refractivity contribution in [3.63, 3.8) is 0 Å². The van der Waals surface area contributed by atoms with Crippen molar-refractivity contribution in [1.29, 1.82) is 0 Å². The lowest BCUT2D eigenvalue weighted by molar-refractivity contribution is -0.130. The Kier molecular flexibility index (Phi) is 7.39. The number of alkyl halides is 1. The van der Waals surface area contributed by atoms with Crippen LogP contribution in [0.1, 0.15) is 12.6 Å². The van der Waals surface area contributed by atoms with Gasteiger partial charge in [0.2, 0.25) is 11.9 Å². The second-order valence-corrected chi connectivity index (χ2v) is 9.08. The summed E-state index contributed by atoms with van der Waals surface area (Å²) in [5, 5.41) is -0.527. The van der Waals surface area contributed by atoms with Crippen LogP contribution in [0.5, 0.6) is 5.75 Å². The third-order valence-electron chi connectivity index (χ3n) is 6.20. The summed E-state index contributed by atoms with van der Waals surface area (Å²) in [5.74, 6) is 1.39. The van der Waals surface area contributed by atoms with Crippen LogP contribution in [0.2, 0.25) is 0 Å². The van der Waals surface area contributed by atoms with E-state index in [-0.39, 0.29) is 11.5 Å². The van der Waals surface area contributed by atoms with E-state index >= 15 is 0 Å². The second-order valence-electron chi connectivity index (χ2n) is 8.42. The summed E-state index contributed by atoms with van der Waals surface area (Å²) in [4.78, 5) is 40.4. The molecule has 2 aromatic rings. The van der Waals surface area contributed by atoms with Gasteiger partial charge in [0.15, 0.2) is 0 Å². The SMILES string of the molecule is COc1ccccc1N1CCN(Cc2cc(=O)[nH]c(N3CCN(C(=O)C(C)Cl)CC3)n2)CC1. The van der Waals surface area contributed by atoms with E-state index in [9.17, 15) is 9.59 Å². The Morgan fingerprint density at radius 2 is 1.76 bits per heavy atom. The van der Waals surface area contributed by atoms with E-state index < -0.39 is 5.38 Å². The number of para-hydroxylation sites is 2. The third kappa shape index (κ3) is 5.59. The minimum Gasteiger partial charge on any atom is -0.495 e. The number of aromatic amines is 1. The van der Waals surface area contributed by atoms with E-state index in [4.69, 9.17) is 21.3 Å². The molecule has 0 saturated carbocycles. The molecule has 2 fully saturated rings. The molecular formula is C23H31ClN6O3. The first-order valence-electron chi connectivity index (χ1n) is 11.3. The molecule has 1 aromatic carbocycles. The van der Waals surface area contributed by atoms with Gasteiger partial charge >= 0.3 is 0 Å². The van der Waals surface area contributed by atoms with E-state index in [0.717, 1.165) is 43.3 Å². The Labute approximate surface area is 198 Å². The predicted molar refractivity (Wildman–Crippen MR) is 129 cm³/mol. The number of carbonyl (C=O) groups excluding carboxylic acids is 1. The maximum Gasteiger partial charge on any atom is 0.252 e. The first kappa shape index (κ1) is 23.4. The lowest BCUT2D eigenvalue weighted by atomic mass is 10.2. The Morgan fingerprint density at radius 1 is 1.09 bits per heavy atom. The molecule has 0 spiro atoms. The van der Waals surface area contributed by atoms with Gasteiger partial charge in [-0.1, -0.05) is 12.1 Å². The Hall–Kier alpha value is -2.78. The minimum absolute atomic E-state index is 0.0567. The van der Waals surface area contributed by atoms with Crippen LogP contribution < -0.4 is 20.1 Å². The van der Waals surface area contributed by atoms with Crippen molar-refractivity contribution < 1.29 is 9.53 Å². The Morgan fingerprint density at radius 3 is 2.42 bits per heavy atom. The monoisotopic (exact) mass is 474 g/mol. The van der Waals surface area contributed by atoms with Crippen molar-refractivity contribution in [3.8, 4) is 5.75 Å². The fourth-order valence-corrected chi connectivity index (χ4v) is 4.52. The number of anilines is 2. The van der Waals surface area contributed by atoms with E-state index in [1.165, 1.54) is 0 Å². The zero-order valence-corrected chi connectivity index (χ0v) is 19.9. The highest BCUT2D eigenvalue weighted by atomic mass is 35.5. The molecule has 1 unspecified atom stereocenters. The zero-order chi connectivity index (χ0) is 23.4. The van der Waals surface area contributed by atoms with Crippen LogP contribution in [0, 0.1) is 0 Å². The van der Waals surface area contributed by atoms with Gasteiger partial charge in [-0.3, -0.25) is 19.5 Å². The molecule has 2 saturated heterocycles. The normalized spacial score (nSPS) is 18.3. The number of halogens is 1. The third-order valence-corrected chi connectivity index (χ3v) is 6.38. The second kappa shape index (κ2) is 10.4. The van der Waals surface area contributed by atoms with Crippen molar-refractivity contribution in [1.82, 2.24) is 19.8 Å². The van der Waals surface area contributed by atoms with Gasteiger partial charge in [0.25, 0.3) is 5.56 Å². The van der Waals surface area contributed by atoms with Gasteiger partial charge in [-0.15, -0.1) is 11.6 Å². The molecule has 9 nitrogen and oxygen atoms in total. The summed E-state index contributed by atoms with van der Waals surface area (Å²) < 4.78 is 5.50. The largest absolute Gasteiger partial charge is 0.495 e. The van der Waals surface area contributed by atoms with E-state index in [0.29, 0.717) is 38.7 Å². The fraction of sp³-hybridized carbons (Fsp3) is 0.522. The molecule has 1 N–H and O–H groups in total. The fourth-order valence-electron chi connectivity index (χ4n) is 4.38. The average Bonchev–Trinajstić information content (AvgIpc) is 2.83. The van der Waals surface area contributed by atoms with Crippen molar-refractivity contribution in [2.75, 3.05) is 69.3 Å². The van der Waals surface area contributed by atoms with E-state index in [2.05, 4.69) is 20.9 Å². The molecule has 2 aliphatic rings. The molecular weight excluding hydrogens is 444 g/mol. The topological polar surface area (TPSA) is 85.0 Å². The summed E-state index contributed by atoms with van der Waals surface area (Å²) in [5.41, 5.74) is 1.71. The summed E-state index contributed by atoms with van der Waals surface area (Å²) in [6, 6.07) is 9.64. The minimum atomic E-state index is -0.527. The molecule has 2 aliphatic heterocycles. The zero-order valence-electron chi connectivity index (χ0n) is 19.2. The first-order chi connectivity index (χ1) is 15.9. The number of aromatic nitrogens is 2. The molecule has 1 aromatic heterocycles. The number of rotatable bonds is 6. The van der Waals surface area contributed by atoms with Gasteiger partial charge < -0.3 is 19.4 Å². The maximum absolute atomic E-state index is 12.3. The van der Waals surface area contributed by atoms with E-state index in [1.807, 2.05) is 23.1 Å². The number of amides is 1. The van der Waals surface area contributed by atoms with Crippen LogP contribution in [0.4, 0.5) is 11.6 Å². The highest BCUT2D eigenvalue weighted by molar-refractivity contribution is 6.30. The smallest absolute Gasteiger partial charge is 0.252 e. The maximum atomic E-state index is 12.3. The number of benzene rings is 1. The quantitative estimate of drug-likeness (QED) is 0.633. The predicted octanol–water partition coefficient (Wildman–Crippen LogP) is 1.38. The highest BCUT2D eigenvalue weighted by Crippen LogP contribution is 2.28. The summed E-state index contributed by atoms with van der Waals surface area (Å²) >= 11 is 5.93. The number of nitrogens with zero attached hydrogens (tertiary/aromatic N) is 5. The van der Waals surface area contributed by atoms with Crippen molar-refractivity contribution >= 4 is 29.1 Å². The van der Waals surface area contributed by atoms with Crippen LogP contribution in [0.15, 0.2) is 35.1 Å². The van der Waals surface area contributed by atoms with Crippen LogP contribution in [0.25, 0.3) is 0 Å². The molecule has 1 amide bonds. The summed E-state index contributed by atoms with van der Waals surface area (Å²) in [6.07, 6.45) is 0. The van der Waals surface area contributed by atoms with Crippen LogP contribution in [-0.2, 0) is 11.3 Å². The standard InChI is InChI=1S/C23H31ClN6O3/c1-17(24)22(32)29-11-13-30(14-12-29)23-25-18(15-21(31)26-23)16-27-7-9-28(10-8-27)19-5-3-4-6-20(19)33-2/h3-6,15,17H,7-14,16H2,1-2H3,(H,25,26,31). The van der Waals surface area contributed by atoms with Gasteiger partial charge in [-0.25, -0.2) is 4.98 Å². The lowest BCUT2D eigenvalue weighted by Crippen LogP contribution is -2.51. The van der Waals surface area contributed by atoms with Gasteiger partial charge in [0, 0.05) is 65.0 Å². The Bertz CT molecular complexity index is 1010. The van der Waals surface area contributed by atoms with Gasteiger partial charge in [0.1, 0.15) is 11.1 Å². The Balaban J connectivity index is 1.35. The lowest BCUT2D eigenvalue weighted by Gasteiger charge is -2.37. The molecule has 3 heterocycles. The number of H-pyrrole nitrogens is 1. The van der Waals surface area contributed by atoms with Crippen LogP contribution >= 0.6 is 11.6 Å². The van der Waals surface area contributed by atoms with Crippen LogP contribution in [0.3, 0.4) is 0 Å². The number of methoxy groups -OCH3 is 1. The number of ether oxygens (including phenoxy) is 1. The summed E-state index contributed by atoms with van der Waals surface area (Å²) in [6.45, 7) is 8.17. The molecule has 1 atom stereocenters. The van der Waals surface area contributed by atoms with Crippen molar-refractivity contribution in [2.24, 2.45) is 0 Å². The molecule has 0 radical (unpaired) electrons. The number of hydrogen-bond donors (Lipinski definition) is 1. The molecule has 33 heavy (non-hydrogen) atoms. The average molecular weight is 475 g/mol. The number of piperazine rings is 2. The molecule has 0 bridgehead atoms. The van der Waals surface area contributed by atoms with E-state index in [1.54, 1.807) is 25.0 Å². The van der Waals surface area contributed by atoms with Gasteiger partial charge in [-0.2, -0.15) is 0 Å². The number of nitrogens with one attached hydrogen (secondary N) is 1. The van der Waals surface area contributed by atoms with Crippen LogP contribution in [-0.4, -0.2) is 90.5 Å². The molecule has 0 aliphatic carbocycles. The first-order valence-corrected chi connectivity index (χ1v) is 11.8. The number of hydrogen-bond acceptors (Lipinski definition) is 7. The summed E-state index contributed by atoms with van der Waals surface area (Å²) in [7, 11) is 1.70. The van der Waals surface area contributed by atoms with Gasteiger partial charge in [0.05, 0.1) is 18.5 Å². The number of carbonyl (C=O) groups is 1. The van der Waals surface area contributed by atoms with Crippen molar-refractivity contribution in [3.05, 3.63) is 46.4 Å². The van der Waals surface area contributed by atoms with Crippen molar-refractivity contribution in [2.45, 2.75) is 18.8 Å². The molecule has 4 rings (SSSR count). The highest BCUT2D eigenvalue weighted by Gasteiger charge is 2.25. The molecule has 10 heteroatoms. The van der Waals surface area contributed by atoms with Gasteiger partial charge in [-0.05, 0) is 19.1 Å².